The van der Waals surface area contributed by atoms with Crippen molar-refractivity contribution in [3.63, 3.8) is 0 Å². The molecule has 1 aliphatic heterocycles. The first-order chi connectivity index (χ1) is 19.9. The van der Waals surface area contributed by atoms with Crippen molar-refractivity contribution in [2.75, 3.05) is 25.6 Å². The van der Waals surface area contributed by atoms with Crippen molar-refractivity contribution in [2.24, 2.45) is 5.92 Å². The molecule has 0 radical (unpaired) electrons. The maximum absolute atomic E-state index is 13.6. The molecule has 0 saturated carbocycles. The molecule has 10 nitrogen and oxygen atoms in total. The zero-order chi connectivity index (χ0) is 28.8. The van der Waals surface area contributed by atoms with E-state index in [2.05, 4.69) is 59.4 Å². The Hall–Kier alpha value is -4.72. The van der Waals surface area contributed by atoms with Gasteiger partial charge in [0.2, 0.25) is 5.13 Å². The Morgan fingerprint density at radius 2 is 2.02 bits per heavy atom. The maximum atomic E-state index is 13.6. The van der Waals surface area contributed by atoms with Crippen molar-refractivity contribution in [2.45, 2.75) is 26.2 Å². The molecule has 0 aromatic carbocycles. The number of H-pyrrole nitrogens is 1. The van der Waals surface area contributed by atoms with Crippen LogP contribution in [-0.4, -0.2) is 56.6 Å². The number of pyridine rings is 2. The van der Waals surface area contributed by atoms with Crippen LogP contribution in [0.1, 0.15) is 57.4 Å². The molecule has 41 heavy (non-hydrogen) atoms. The van der Waals surface area contributed by atoms with Gasteiger partial charge >= 0.3 is 0 Å². The zero-order valence-corrected chi connectivity index (χ0v) is 22.8. The van der Waals surface area contributed by atoms with Crippen LogP contribution < -0.4 is 10.1 Å². The van der Waals surface area contributed by atoms with Crippen molar-refractivity contribution in [3.05, 3.63) is 63.9 Å². The Bertz CT molecular complexity index is 1690. The molecule has 4 aromatic heterocycles. The van der Waals surface area contributed by atoms with Crippen LogP contribution in [0.4, 0.5) is 13.9 Å². The number of aromatic amines is 1. The van der Waals surface area contributed by atoms with Gasteiger partial charge < -0.3 is 9.47 Å². The number of aryl methyl sites for hydroxylation is 1. The average Bonchev–Trinajstić information content (AvgIpc) is 3.63. The quantitative estimate of drug-likeness (QED) is 0.335. The number of ether oxygens (including phenoxy) is 2. The highest BCUT2D eigenvalue weighted by molar-refractivity contribution is 7.15. The van der Waals surface area contributed by atoms with E-state index in [1.807, 2.05) is 6.92 Å². The lowest BCUT2D eigenvalue weighted by atomic mass is 9.98. The summed E-state index contributed by atoms with van der Waals surface area (Å²) in [5, 5.41) is 18.1. The molecule has 1 fully saturated rings. The lowest BCUT2D eigenvalue weighted by molar-refractivity contribution is 0.0740. The van der Waals surface area contributed by atoms with Gasteiger partial charge in [0, 0.05) is 35.5 Å². The summed E-state index contributed by atoms with van der Waals surface area (Å²) in [5.74, 6) is 11.6. The van der Waals surface area contributed by atoms with E-state index in [1.54, 1.807) is 12.1 Å². The van der Waals surface area contributed by atoms with E-state index in [9.17, 15) is 13.6 Å². The standard InChI is InChI=1S/C28H23F2N7O3S/c1-16-10-19(35-34-16)7-8-25-36-37-28(41-25)33-27(38)22-13-31-18(6-5-17-4-3-9-40-15-17)11-20(22)21-12-23(26(29)30)32-14-24(21)39-2/h10-14,17,26H,3-4,9,15H2,1-2H3,(H,34,35)(H,33,37,38). The fourth-order valence-electron chi connectivity index (χ4n) is 4.00. The predicted molar refractivity (Wildman–Crippen MR) is 147 cm³/mol. The lowest BCUT2D eigenvalue weighted by Crippen LogP contribution is -2.15. The summed E-state index contributed by atoms with van der Waals surface area (Å²) in [6, 6.07) is 4.55. The molecule has 1 saturated heterocycles. The van der Waals surface area contributed by atoms with Gasteiger partial charge in [0.05, 0.1) is 25.5 Å². The molecule has 1 aliphatic rings. The highest BCUT2D eigenvalue weighted by Gasteiger charge is 2.21. The maximum Gasteiger partial charge on any atom is 0.280 e. The molecular formula is C28H23F2N7O3S. The monoisotopic (exact) mass is 575 g/mol. The molecule has 208 valence electrons. The molecule has 0 bridgehead atoms. The van der Waals surface area contributed by atoms with Crippen LogP contribution in [0.3, 0.4) is 0 Å². The fraction of sp³-hybridized carbons (Fsp3) is 0.286. The Morgan fingerprint density at radius 1 is 1.15 bits per heavy atom. The number of carbonyl (C=O) groups is 1. The Morgan fingerprint density at radius 3 is 2.76 bits per heavy atom. The second-order valence-corrected chi connectivity index (χ2v) is 9.94. The number of aromatic nitrogens is 6. The number of anilines is 1. The summed E-state index contributed by atoms with van der Waals surface area (Å²) < 4.78 is 38.0. The first-order valence-corrected chi connectivity index (χ1v) is 13.3. The summed E-state index contributed by atoms with van der Waals surface area (Å²) in [6.45, 7) is 3.11. The smallest absolute Gasteiger partial charge is 0.280 e. The second-order valence-electron chi connectivity index (χ2n) is 8.96. The number of hydrogen-bond acceptors (Lipinski definition) is 9. The number of halogens is 2. The van der Waals surface area contributed by atoms with Crippen molar-refractivity contribution < 1.29 is 23.0 Å². The van der Waals surface area contributed by atoms with Crippen LogP contribution in [0.2, 0.25) is 0 Å². The van der Waals surface area contributed by atoms with Gasteiger partial charge in [-0.1, -0.05) is 17.3 Å². The highest BCUT2D eigenvalue weighted by atomic mass is 32.1. The van der Waals surface area contributed by atoms with Crippen molar-refractivity contribution in [1.82, 2.24) is 30.4 Å². The Balaban J connectivity index is 1.47. The van der Waals surface area contributed by atoms with E-state index in [4.69, 9.17) is 9.47 Å². The largest absolute Gasteiger partial charge is 0.494 e. The number of hydrogen-bond donors (Lipinski definition) is 2. The number of alkyl halides is 2. The number of amides is 1. The van der Waals surface area contributed by atoms with Gasteiger partial charge in [-0.05, 0) is 55.7 Å². The van der Waals surface area contributed by atoms with Gasteiger partial charge in [-0.15, -0.1) is 10.2 Å². The molecule has 2 N–H and O–H groups in total. The minimum absolute atomic E-state index is 0.0598. The first kappa shape index (κ1) is 27.8. The van der Waals surface area contributed by atoms with Crippen molar-refractivity contribution >= 4 is 22.4 Å². The van der Waals surface area contributed by atoms with E-state index in [0.29, 0.717) is 35.2 Å². The van der Waals surface area contributed by atoms with Gasteiger partial charge in [0.15, 0.2) is 5.01 Å². The number of nitrogens with one attached hydrogen (secondary N) is 2. The molecule has 1 amide bonds. The minimum Gasteiger partial charge on any atom is -0.494 e. The van der Waals surface area contributed by atoms with Crippen LogP contribution in [0.15, 0.2) is 30.6 Å². The van der Waals surface area contributed by atoms with Crippen molar-refractivity contribution in [3.8, 4) is 40.6 Å². The number of nitrogens with zero attached hydrogens (tertiary/aromatic N) is 5. The fourth-order valence-corrected chi connectivity index (χ4v) is 4.59. The van der Waals surface area contributed by atoms with Crippen LogP contribution in [-0.2, 0) is 4.74 Å². The summed E-state index contributed by atoms with van der Waals surface area (Å²) >= 11 is 1.07. The summed E-state index contributed by atoms with van der Waals surface area (Å²) in [5.41, 5.74) is 1.95. The van der Waals surface area contributed by atoms with Gasteiger partial charge in [-0.2, -0.15) is 5.10 Å². The third-order valence-electron chi connectivity index (χ3n) is 5.98. The molecule has 4 aromatic rings. The Labute approximate surface area is 237 Å². The number of carbonyl (C=O) groups excluding carboxylic acids is 1. The minimum atomic E-state index is -2.82. The van der Waals surface area contributed by atoms with E-state index in [-0.39, 0.29) is 27.9 Å². The SMILES string of the molecule is COc1cnc(C(F)F)cc1-c1cc(C#CC2CCCOC2)ncc1C(=O)Nc1nnc(C#Cc2cc(C)[nH]n2)s1. The summed E-state index contributed by atoms with van der Waals surface area (Å²) in [7, 11) is 1.39. The molecule has 0 aliphatic carbocycles. The van der Waals surface area contributed by atoms with Gasteiger partial charge in [0.1, 0.15) is 22.8 Å². The summed E-state index contributed by atoms with van der Waals surface area (Å²) in [6.07, 6.45) is 1.54. The molecule has 1 unspecified atom stereocenters. The van der Waals surface area contributed by atoms with Crippen LogP contribution >= 0.6 is 11.3 Å². The summed E-state index contributed by atoms with van der Waals surface area (Å²) in [4.78, 5) is 21.5. The van der Waals surface area contributed by atoms with Gasteiger partial charge in [0.25, 0.3) is 12.3 Å². The zero-order valence-electron chi connectivity index (χ0n) is 22.0. The third kappa shape index (κ3) is 6.90. The predicted octanol–water partition coefficient (Wildman–Crippen LogP) is 4.40. The van der Waals surface area contributed by atoms with E-state index < -0.39 is 18.0 Å². The molecular weight excluding hydrogens is 552 g/mol. The van der Waals surface area contributed by atoms with E-state index >= 15 is 0 Å². The van der Waals surface area contributed by atoms with Crippen LogP contribution in [0.25, 0.3) is 11.1 Å². The number of rotatable bonds is 5. The lowest BCUT2D eigenvalue weighted by Gasteiger charge is -2.16. The van der Waals surface area contributed by atoms with Gasteiger partial charge in [-0.3, -0.25) is 20.2 Å². The van der Waals surface area contributed by atoms with Crippen LogP contribution in [0.5, 0.6) is 5.75 Å². The highest BCUT2D eigenvalue weighted by Crippen LogP contribution is 2.35. The first-order valence-electron chi connectivity index (χ1n) is 12.5. The molecule has 5 rings (SSSR count). The molecule has 0 spiro atoms. The van der Waals surface area contributed by atoms with E-state index in [0.717, 1.165) is 29.9 Å². The van der Waals surface area contributed by atoms with Crippen molar-refractivity contribution in [1.29, 1.82) is 0 Å². The van der Waals surface area contributed by atoms with E-state index in [1.165, 1.54) is 25.6 Å². The molecule has 1 atom stereocenters. The normalized spacial score (nSPS) is 14.5. The topological polar surface area (TPSA) is 128 Å². The van der Waals surface area contributed by atoms with Gasteiger partial charge in [-0.25, -0.2) is 13.8 Å². The Kier molecular flexibility index (Phi) is 8.58. The number of methoxy groups -OCH3 is 1. The van der Waals surface area contributed by atoms with Crippen LogP contribution in [0, 0.1) is 36.5 Å². The molecule has 13 heteroatoms. The molecule has 5 heterocycles. The second kappa shape index (κ2) is 12.6. The average molecular weight is 576 g/mol. The third-order valence-corrected chi connectivity index (χ3v) is 6.74.